The van der Waals surface area contributed by atoms with Crippen molar-refractivity contribution < 1.29 is 19.8 Å². The molecule has 0 unspecified atom stereocenters. The van der Waals surface area contributed by atoms with E-state index in [9.17, 15) is 19.8 Å². The van der Waals surface area contributed by atoms with Crippen LogP contribution in [0.1, 0.15) is 101 Å². The highest BCUT2D eigenvalue weighted by Crippen LogP contribution is 2.60. The number of benzene rings is 6. The SMILES string of the molecule is CCn1c(-c2ccccc2-c2ccc(CCCn3c(-c4ccccc4-c4ccc(C)cc4C)nc4cc(C(=O)NC56CC(O)(C5)C6)ccc43)cc2C)nc2cc(C(=O)N(C)C3CCC(O)CC3)ccc21. The average molecular weight is 931 g/mol. The quantitative estimate of drug-likeness (QED) is 0.106. The number of aromatic nitrogens is 4. The number of aryl methyl sites for hydroxylation is 6. The number of aliphatic hydroxyl groups excluding tert-OH is 1. The summed E-state index contributed by atoms with van der Waals surface area (Å²) in [5, 5.41) is 23.6. The first kappa shape index (κ1) is 45.6. The summed E-state index contributed by atoms with van der Waals surface area (Å²) in [5.41, 5.74) is 15.4. The van der Waals surface area contributed by atoms with Gasteiger partial charge in [-0.05, 0) is 161 Å². The molecule has 4 aliphatic carbocycles. The Morgan fingerprint density at radius 3 is 1.83 bits per heavy atom. The number of imidazole rings is 2. The number of carbonyl (C=O) groups is 2. The molecule has 3 N–H and O–H groups in total. The van der Waals surface area contributed by atoms with Gasteiger partial charge in [0.25, 0.3) is 11.8 Å². The number of aliphatic hydroxyl groups is 2. The molecule has 0 aliphatic heterocycles. The highest BCUT2D eigenvalue weighted by Gasteiger charge is 2.68. The minimum absolute atomic E-state index is 0.0120. The fourth-order valence-corrected chi connectivity index (χ4v) is 12.1. The molecule has 0 saturated heterocycles. The molecule has 2 amide bonds. The molecule has 2 heterocycles. The third-order valence-corrected chi connectivity index (χ3v) is 15.7. The van der Waals surface area contributed by atoms with Crippen molar-refractivity contribution in [1.82, 2.24) is 29.3 Å². The lowest BCUT2D eigenvalue weighted by Gasteiger charge is -2.67. The second kappa shape index (κ2) is 17.8. The Kier molecular flexibility index (Phi) is 11.6. The molecule has 2 aromatic heterocycles. The van der Waals surface area contributed by atoms with Crippen LogP contribution in [0.15, 0.2) is 121 Å². The second-order valence-electron chi connectivity index (χ2n) is 20.7. The number of nitrogens with zero attached hydrogens (tertiary/aromatic N) is 5. The smallest absolute Gasteiger partial charge is 0.253 e. The normalized spacial score (nSPS) is 20.6. The first-order valence-electron chi connectivity index (χ1n) is 25.2. The highest BCUT2D eigenvalue weighted by molar-refractivity contribution is 6.00. The Bertz CT molecular complexity index is 3340. The van der Waals surface area contributed by atoms with Crippen LogP contribution < -0.4 is 5.32 Å². The van der Waals surface area contributed by atoms with E-state index in [0.29, 0.717) is 30.4 Å². The van der Waals surface area contributed by atoms with Crippen molar-refractivity contribution in [3.8, 4) is 45.0 Å². The van der Waals surface area contributed by atoms with Crippen molar-refractivity contribution >= 4 is 33.9 Å². The third-order valence-electron chi connectivity index (χ3n) is 15.7. The number of fused-ring (bicyclic) bond motifs is 2. The molecule has 0 atom stereocenters. The van der Waals surface area contributed by atoms with Crippen molar-refractivity contribution in [3.63, 3.8) is 0 Å². The number of carbonyl (C=O) groups excluding carboxylic acids is 2. The second-order valence-corrected chi connectivity index (χ2v) is 20.7. The fraction of sp³-hybridized carbons (Fsp3) is 0.333. The number of hydrogen-bond acceptors (Lipinski definition) is 6. The number of amides is 2. The maximum atomic E-state index is 13.7. The molecule has 8 aromatic rings. The third kappa shape index (κ3) is 8.20. The van der Waals surface area contributed by atoms with Crippen LogP contribution in [0.5, 0.6) is 0 Å². The summed E-state index contributed by atoms with van der Waals surface area (Å²) in [6.45, 7) is 10.1. The summed E-state index contributed by atoms with van der Waals surface area (Å²) in [4.78, 5) is 39.7. The average Bonchev–Trinajstić information content (AvgIpc) is 3.90. The molecule has 4 fully saturated rings. The zero-order valence-corrected chi connectivity index (χ0v) is 40.9. The van der Waals surface area contributed by atoms with Crippen LogP contribution in [-0.2, 0) is 19.5 Å². The minimum atomic E-state index is -0.591. The molecular weight excluding hydrogens is 869 g/mol. The van der Waals surface area contributed by atoms with Gasteiger partial charge in [0.2, 0.25) is 0 Å². The maximum Gasteiger partial charge on any atom is 0.253 e. The molecule has 2 bridgehead atoms. The van der Waals surface area contributed by atoms with E-state index in [1.807, 2.05) is 48.3 Å². The van der Waals surface area contributed by atoms with E-state index in [-0.39, 0.29) is 29.5 Å². The summed E-state index contributed by atoms with van der Waals surface area (Å²) in [6.07, 6.45) is 6.41. The van der Waals surface area contributed by atoms with Crippen molar-refractivity contribution in [2.45, 2.75) is 122 Å². The molecule has 4 aliphatic rings. The van der Waals surface area contributed by atoms with Crippen LogP contribution in [0, 0.1) is 20.8 Å². The van der Waals surface area contributed by atoms with Crippen LogP contribution in [0.2, 0.25) is 0 Å². The number of hydrogen-bond donors (Lipinski definition) is 3. The standard InChI is InChI=1S/C60H62N6O4/c1-6-65-53-28-20-42(58(69)64(5)43-21-23-44(67)24-22-43)33-52(53)61-55(65)49-15-9-7-14-48(49)46-26-18-40(31-39(46)4)12-11-29-66-54-27-19-41(57(68)63-59-34-60(70,35-59)36-59)32-51(54)62-56(66)50-16-10-8-13-47(50)45-25-17-37(2)30-38(45)3/h7-10,13-20,25-28,30-33,43-44,67,70H,6,11-12,21-24,29,34-36H2,1-5H3,(H,63,68). The number of nitrogens with one attached hydrogen (secondary N) is 1. The van der Waals surface area contributed by atoms with Gasteiger partial charge in [-0.1, -0.05) is 90.5 Å². The van der Waals surface area contributed by atoms with E-state index in [4.69, 9.17) is 9.97 Å². The van der Waals surface area contributed by atoms with Gasteiger partial charge in [0, 0.05) is 54.0 Å². The molecular formula is C60H62N6O4. The molecule has 0 radical (unpaired) electrons. The minimum Gasteiger partial charge on any atom is -0.393 e. The van der Waals surface area contributed by atoms with Crippen molar-refractivity contribution in [2.75, 3.05) is 7.05 Å². The summed E-state index contributed by atoms with van der Waals surface area (Å²) < 4.78 is 4.57. The van der Waals surface area contributed by atoms with Gasteiger partial charge >= 0.3 is 0 Å². The Morgan fingerprint density at radius 1 is 0.671 bits per heavy atom. The molecule has 70 heavy (non-hydrogen) atoms. The fourth-order valence-electron chi connectivity index (χ4n) is 12.1. The first-order chi connectivity index (χ1) is 33.8. The predicted octanol–water partition coefficient (Wildman–Crippen LogP) is 11.4. The van der Waals surface area contributed by atoms with Gasteiger partial charge in [-0.15, -0.1) is 0 Å². The van der Waals surface area contributed by atoms with E-state index >= 15 is 0 Å². The van der Waals surface area contributed by atoms with Crippen molar-refractivity contribution in [2.24, 2.45) is 0 Å². The summed E-state index contributed by atoms with van der Waals surface area (Å²) >= 11 is 0. The lowest BCUT2D eigenvalue weighted by Crippen LogP contribution is -2.78. The number of rotatable bonds is 13. The molecule has 356 valence electrons. The van der Waals surface area contributed by atoms with Gasteiger partial charge in [0.15, 0.2) is 0 Å². The van der Waals surface area contributed by atoms with E-state index in [1.54, 1.807) is 0 Å². The molecule has 12 rings (SSSR count). The molecule has 0 spiro atoms. The monoisotopic (exact) mass is 930 g/mol. The molecule has 6 aromatic carbocycles. The zero-order chi connectivity index (χ0) is 48.5. The molecule has 10 heteroatoms. The van der Waals surface area contributed by atoms with Crippen molar-refractivity contribution in [3.05, 3.63) is 155 Å². The van der Waals surface area contributed by atoms with E-state index in [1.165, 1.54) is 27.8 Å². The summed E-state index contributed by atoms with van der Waals surface area (Å²) in [7, 11) is 1.88. The Balaban J connectivity index is 0.863. The Labute approximate surface area is 410 Å². The lowest BCUT2D eigenvalue weighted by molar-refractivity contribution is -0.215. The van der Waals surface area contributed by atoms with Crippen LogP contribution in [0.3, 0.4) is 0 Å². The van der Waals surface area contributed by atoms with Crippen molar-refractivity contribution in [1.29, 1.82) is 0 Å². The maximum absolute atomic E-state index is 13.7. The lowest BCUT2D eigenvalue weighted by atomic mass is 9.46. The predicted molar refractivity (Wildman–Crippen MR) is 279 cm³/mol. The largest absolute Gasteiger partial charge is 0.393 e. The van der Waals surface area contributed by atoms with Gasteiger partial charge in [0.1, 0.15) is 11.6 Å². The van der Waals surface area contributed by atoms with E-state index in [0.717, 1.165) is 113 Å². The van der Waals surface area contributed by atoms with Crippen LogP contribution in [-0.4, -0.2) is 76.4 Å². The van der Waals surface area contributed by atoms with Gasteiger partial charge in [-0.25, -0.2) is 9.97 Å². The van der Waals surface area contributed by atoms with Gasteiger partial charge in [-0.3, -0.25) is 9.59 Å². The topological polar surface area (TPSA) is 126 Å². The van der Waals surface area contributed by atoms with Crippen LogP contribution in [0.25, 0.3) is 67.1 Å². The van der Waals surface area contributed by atoms with Crippen LogP contribution >= 0.6 is 0 Å². The Hall–Kier alpha value is -6.88. The van der Waals surface area contributed by atoms with Gasteiger partial charge < -0.3 is 29.6 Å². The van der Waals surface area contributed by atoms with Gasteiger partial charge in [-0.2, -0.15) is 0 Å². The summed E-state index contributed by atoms with van der Waals surface area (Å²) in [6, 6.07) is 42.3. The summed E-state index contributed by atoms with van der Waals surface area (Å²) in [5.74, 6) is 1.62. The highest BCUT2D eigenvalue weighted by atomic mass is 16.3. The van der Waals surface area contributed by atoms with E-state index < -0.39 is 5.60 Å². The Morgan fingerprint density at radius 2 is 1.23 bits per heavy atom. The molecule has 4 saturated carbocycles. The molecule has 10 nitrogen and oxygen atoms in total. The first-order valence-corrected chi connectivity index (χ1v) is 25.2. The zero-order valence-electron chi connectivity index (χ0n) is 40.9. The van der Waals surface area contributed by atoms with E-state index in [2.05, 4.69) is 127 Å². The van der Waals surface area contributed by atoms with Crippen LogP contribution in [0.4, 0.5) is 0 Å². The van der Waals surface area contributed by atoms with Gasteiger partial charge in [0.05, 0.1) is 33.8 Å².